The zero-order valence-electron chi connectivity index (χ0n) is 16.6. The molecule has 2 heterocycles. The number of carbonyl (C=O) groups excluding carboxylic acids is 1. The Balaban J connectivity index is 1.88. The van der Waals surface area contributed by atoms with Crippen LogP contribution in [0.15, 0.2) is 41.2 Å². The number of carbonyl (C=O) groups is 1. The van der Waals surface area contributed by atoms with Crippen LogP contribution in [0.3, 0.4) is 0 Å². The summed E-state index contributed by atoms with van der Waals surface area (Å²) in [6.45, 7) is 6.18. The number of aliphatic hydroxyl groups is 1. The van der Waals surface area contributed by atoms with Gasteiger partial charge in [-0.15, -0.1) is 0 Å². The maximum absolute atomic E-state index is 13.7. The first-order chi connectivity index (χ1) is 13.3. The monoisotopic (exact) mass is 400 g/mol. The number of benzene rings is 1. The fraction of sp³-hybridized carbons (Fsp3) is 0.500. The van der Waals surface area contributed by atoms with Crippen molar-refractivity contribution in [2.45, 2.75) is 69.9 Å². The molecule has 0 aromatic heterocycles. The van der Waals surface area contributed by atoms with Crippen LogP contribution in [-0.4, -0.2) is 16.8 Å². The van der Waals surface area contributed by atoms with Crippen molar-refractivity contribution in [2.24, 2.45) is 0 Å². The van der Waals surface area contributed by atoms with E-state index in [9.17, 15) is 14.5 Å². The molecule has 4 rings (SSSR count). The highest BCUT2D eigenvalue weighted by molar-refractivity contribution is 7.52. The molecular formula is C22H27NO4P+. The number of amides is 1. The highest BCUT2D eigenvalue weighted by Crippen LogP contribution is 2.72. The zero-order chi connectivity index (χ0) is 20.1. The molecule has 1 saturated heterocycles. The molecule has 6 heteroatoms. The molecule has 0 radical (unpaired) electrons. The van der Waals surface area contributed by atoms with Gasteiger partial charge in [-0.1, -0.05) is 43.9 Å². The molecule has 0 saturated carbocycles. The van der Waals surface area contributed by atoms with Gasteiger partial charge >= 0.3 is 18.9 Å². The van der Waals surface area contributed by atoms with Crippen LogP contribution >= 0.6 is 7.80 Å². The zero-order valence-corrected chi connectivity index (χ0v) is 17.5. The third kappa shape index (κ3) is 2.53. The predicted molar refractivity (Wildman–Crippen MR) is 108 cm³/mol. The Bertz CT molecular complexity index is 919. The Morgan fingerprint density at radius 2 is 2.07 bits per heavy atom. The molecule has 3 unspecified atom stereocenters. The Labute approximate surface area is 166 Å². The number of fused-ring (bicyclic) bond motifs is 5. The third-order valence-corrected chi connectivity index (χ3v) is 8.03. The number of ether oxygens (including phenoxy) is 1. The molecule has 28 heavy (non-hydrogen) atoms. The quantitative estimate of drug-likeness (QED) is 0.697. The van der Waals surface area contributed by atoms with Gasteiger partial charge in [-0.05, 0) is 49.0 Å². The van der Waals surface area contributed by atoms with E-state index in [2.05, 4.69) is 19.2 Å². The fourth-order valence-corrected chi connectivity index (χ4v) is 6.53. The number of hydrogen-bond donors (Lipinski definition) is 2. The van der Waals surface area contributed by atoms with Crippen molar-refractivity contribution < 1.29 is 19.2 Å². The Morgan fingerprint density at radius 1 is 1.32 bits per heavy atom. The molecule has 1 amide bonds. The van der Waals surface area contributed by atoms with Crippen LogP contribution in [0, 0.1) is 0 Å². The lowest BCUT2D eigenvalue weighted by Gasteiger charge is -2.28. The lowest BCUT2D eigenvalue weighted by Crippen LogP contribution is -2.57. The number of rotatable bonds is 5. The highest BCUT2D eigenvalue weighted by atomic mass is 31.1. The van der Waals surface area contributed by atoms with Crippen molar-refractivity contribution in [1.82, 2.24) is 5.32 Å². The minimum absolute atomic E-state index is 0.215. The average molecular weight is 400 g/mol. The van der Waals surface area contributed by atoms with Gasteiger partial charge in [0.2, 0.25) is 5.91 Å². The number of hydrogen-bond acceptors (Lipinski definition) is 4. The van der Waals surface area contributed by atoms with Crippen LogP contribution in [0.25, 0.3) is 0 Å². The van der Waals surface area contributed by atoms with Crippen molar-refractivity contribution in [1.29, 1.82) is 0 Å². The van der Waals surface area contributed by atoms with E-state index in [1.54, 1.807) is 0 Å². The van der Waals surface area contributed by atoms with Gasteiger partial charge in [0.25, 0.3) is 0 Å². The molecule has 1 aromatic carbocycles. The minimum Gasteiger partial charge on any atom is -0.450 e. The lowest BCUT2D eigenvalue weighted by atomic mass is 9.90. The molecule has 0 bridgehead atoms. The van der Waals surface area contributed by atoms with Crippen LogP contribution in [0.1, 0.15) is 69.9 Å². The van der Waals surface area contributed by atoms with Crippen molar-refractivity contribution in [3.05, 3.63) is 52.4 Å². The van der Waals surface area contributed by atoms with Crippen molar-refractivity contribution >= 4 is 13.7 Å². The SMILES string of the molecule is CCCCC(=O)NC12c3ccc(C(C)C)cc3OC1(O)C1=CCCC=C1[P+]2=O. The lowest BCUT2D eigenvalue weighted by molar-refractivity contribution is -0.139. The molecule has 0 spiro atoms. The number of nitrogens with one attached hydrogen (secondary N) is 1. The predicted octanol–water partition coefficient (Wildman–Crippen LogP) is 4.80. The van der Waals surface area contributed by atoms with Gasteiger partial charge in [0.1, 0.15) is 5.75 Å². The van der Waals surface area contributed by atoms with Crippen molar-refractivity contribution in [2.75, 3.05) is 0 Å². The Hall–Kier alpha value is -1.97. The average Bonchev–Trinajstić information content (AvgIpc) is 3.03. The molecule has 1 aliphatic carbocycles. The normalized spacial score (nSPS) is 28.8. The first-order valence-corrected chi connectivity index (χ1v) is 11.4. The Kier molecular flexibility index (Phi) is 4.71. The van der Waals surface area contributed by atoms with Gasteiger partial charge in [-0.2, -0.15) is 0 Å². The maximum atomic E-state index is 13.7. The van der Waals surface area contributed by atoms with Crippen molar-refractivity contribution in [3.63, 3.8) is 0 Å². The van der Waals surface area contributed by atoms with E-state index >= 15 is 0 Å². The molecule has 1 aromatic rings. The van der Waals surface area contributed by atoms with E-state index in [0.29, 0.717) is 28.6 Å². The topological polar surface area (TPSA) is 75.6 Å². The van der Waals surface area contributed by atoms with Crippen LogP contribution < -0.4 is 10.1 Å². The maximum Gasteiger partial charge on any atom is 0.417 e. The van der Waals surface area contributed by atoms with E-state index in [1.165, 1.54) is 0 Å². The molecular weight excluding hydrogens is 373 g/mol. The van der Waals surface area contributed by atoms with Crippen LogP contribution in [-0.2, 0) is 14.6 Å². The minimum atomic E-state index is -2.12. The second kappa shape index (κ2) is 6.82. The molecule has 3 atom stereocenters. The second-order valence-electron chi connectivity index (χ2n) is 8.10. The standard InChI is InChI=1S/C22H26NO4P/c1-4-5-10-20(24)23-21-16-12-11-15(14(2)3)13-18(16)27-22(21,25)17-8-6-7-9-19(17)28(21)26/h8-9,11-14,25H,4-7,10H2,1-3H3/p+1. The van der Waals surface area contributed by atoms with E-state index in [1.807, 2.05) is 37.3 Å². The van der Waals surface area contributed by atoms with Gasteiger partial charge < -0.3 is 9.84 Å². The highest BCUT2D eigenvalue weighted by Gasteiger charge is 2.82. The molecule has 2 aliphatic heterocycles. The largest absolute Gasteiger partial charge is 0.450 e. The molecule has 148 valence electrons. The summed E-state index contributed by atoms with van der Waals surface area (Å²) < 4.78 is 19.8. The Morgan fingerprint density at radius 3 is 2.79 bits per heavy atom. The van der Waals surface area contributed by atoms with Crippen LogP contribution in [0.4, 0.5) is 0 Å². The molecule has 5 nitrogen and oxygen atoms in total. The van der Waals surface area contributed by atoms with Gasteiger partial charge in [0.15, 0.2) is 5.31 Å². The second-order valence-corrected chi connectivity index (χ2v) is 9.84. The van der Waals surface area contributed by atoms with Crippen LogP contribution in [0.5, 0.6) is 5.75 Å². The first-order valence-electron chi connectivity index (χ1n) is 10.1. The van der Waals surface area contributed by atoms with Gasteiger partial charge in [0.05, 0.1) is 11.1 Å². The smallest absolute Gasteiger partial charge is 0.417 e. The summed E-state index contributed by atoms with van der Waals surface area (Å²) in [6.07, 6.45) is 7.29. The van der Waals surface area contributed by atoms with E-state index in [4.69, 9.17) is 4.74 Å². The fourth-order valence-electron chi connectivity index (χ4n) is 4.35. The van der Waals surface area contributed by atoms with Gasteiger partial charge in [0, 0.05) is 6.42 Å². The van der Waals surface area contributed by atoms with E-state index in [0.717, 1.165) is 31.2 Å². The number of unbranched alkanes of at least 4 members (excludes halogenated alkanes) is 1. The van der Waals surface area contributed by atoms with E-state index in [-0.39, 0.29) is 11.8 Å². The summed E-state index contributed by atoms with van der Waals surface area (Å²) in [4.78, 5) is 12.7. The molecule has 2 N–H and O–H groups in total. The molecule has 1 fully saturated rings. The molecule has 3 aliphatic rings. The summed E-state index contributed by atoms with van der Waals surface area (Å²) in [5.41, 5.74) is 2.21. The summed E-state index contributed by atoms with van der Waals surface area (Å²) in [5, 5.41) is 13.8. The summed E-state index contributed by atoms with van der Waals surface area (Å²) in [5.74, 6) is -1.27. The summed E-state index contributed by atoms with van der Waals surface area (Å²) in [6, 6.07) is 5.72. The van der Waals surface area contributed by atoms with Gasteiger partial charge in [-0.25, -0.2) is 0 Å². The van der Waals surface area contributed by atoms with Crippen molar-refractivity contribution in [3.8, 4) is 5.75 Å². The van der Waals surface area contributed by atoms with E-state index < -0.39 is 18.9 Å². The first kappa shape index (κ1) is 19.4. The summed E-state index contributed by atoms with van der Waals surface area (Å²) in [7, 11) is -2.12. The summed E-state index contributed by atoms with van der Waals surface area (Å²) >= 11 is 0. The van der Waals surface area contributed by atoms with Crippen LogP contribution in [0.2, 0.25) is 0 Å². The van der Waals surface area contributed by atoms with Gasteiger partial charge in [-0.3, -0.25) is 10.1 Å². The number of allylic oxidation sites excluding steroid dienone is 2. The third-order valence-electron chi connectivity index (χ3n) is 5.91.